The number of carbonyl (C=O) groups is 1. The first-order valence-corrected chi connectivity index (χ1v) is 10.3. The van der Waals surface area contributed by atoms with E-state index in [-0.39, 0.29) is 17.9 Å². The number of fused-ring (bicyclic) bond motifs is 1. The standard InChI is InChI=1S/C23H28N4O2/c1-16(2)23(28)26(3)18-4-6-21-17(14-18)10-13-27(21)22-7-5-20(15-25-22)29-19-8-11-24-12-9-19/h4-7,10,13-16,19,24H,8-9,11-12H2,1-3H3. The van der Waals surface area contributed by atoms with Crippen molar-refractivity contribution in [1.82, 2.24) is 14.9 Å². The summed E-state index contributed by atoms with van der Waals surface area (Å²) in [4.78, 5) is 18.6. The SMILES string of the molecule is CC(C)C(=O)N(C)c1ccc2c(ccn2-c2ccc(OC3CCNCC3)cn2)c1. The first-order chi connectivity index (χ1) is 14.0. The number of amides is 1. The highest BCUT2D eigenvalue weighted by Crippen LogP contribution is 2.26. The van der Waals surface area contributed by atoms with Crippen molar-refractivity contribution in [3.05, 3.63) is 48.8 Å². The lowest BCUT2D eigenvalue weighted by Crippen LogP contribution is -2.34. The molecule has 1 aliphatic heterocycles. The Bertz CT molecular complexity index is 988. The molecule has 0 radical (unpaired) electrons. The van der Waals surface area contributed by atoms with Crippen molar-refractivity contribution < 1.29 is 9.53 Å². The van der Waals surface area contributed by atoms with Crippen molar-refractivity contribution in [1.29, 1.82) is 0 Å². The average Bonchev–Trinajstić information content (AvgIpc) is 3.17. The quantitative estimate of drug-likeness (QED) is 0.718. The van der Waals surface area contributed by atoms with Crippen molar-refractivity contribution in [3.8, 4) is 11.6 Å². The minimum Gasteiger partial charge on any atom is -0.489 e. The Kier molecular flexibility index (Phi) is 5.53. The topological polar surface area (TPSA) is 59.4 Å². The van der Waals surface area contributed by atoms with Crippen LogP contribution >= 0.6 is 0 Å². The molecule has 1 fully saturated rings. The summed E-state index contributed by atoms with van der Waals surface area (Å²) >= 11 is 0. The molecule has 1 saturated heterocycles. The summed E-state index contributed by atoms with van der Waals surface area (Å²) in [6.45, 7) is 5.84. The van der Waals surface area contributed by atoms with Crippen LogP contribution < -0.4 is 15.0 Å². The molecule has 1 aliphatic rings. The number of nitrogens with one attached hydrogen (secondary N) is 1. The lowest BCUT2D eigenvalue weighted by Gasteiger charge is -2.23. The van der Waals surface area contributed by atoms with Gasteiger partial charge in [-0.3, -0.25) is 4.79 Å². The van der Waals surface area contributed by atoms with Crippen molar-refractivity contribution in [2.75, 3.05) is 25.0 Å². The molecule has 1 aromatic carbocycles. The molecule has 0 saturated carbocycles. The summed E-state index contributed by atoms with van der Waals surface area (Å²) in [5.74, 6) is 1.73. The third-order valence-electron chi connectivity index (χ3n) is 5.44. The number of benzene rings is 1. The van der Waals surface area contributed by atoms with E-state index in [0.717, 1.165) is 54.1 Å². The van der Waals surface area contributed by atoms with Crippen LogP contribution in [-0.2, 0) is 4.79 Å². The molecule has 152 valence electrons. The molecule has 2 aromatic heterocycles. The van der Waals surface area contributed by atoms with Crippen LogP contribution in [0.5, 0.6) is 5.75 Å². The van der Waals surface area contributed by atoms with Crippen molar-refractivity contribution in [3.63, 3.8) is 0 Å². The fraction of sp³-hybridized carbons (Fsp3) is 0.391. The fourth-order valence-corrected chi connectivity index (χ4v) is 3.74. The zero-order chi connectivity index (χ0) is 20.4. The maximum atomic E-state index is 12.3. The summed E-state index contributed by atoms with van der Waals surface area (Å²) < 4.78 is 8.10. The zero-order valence-corrected chi connectivity index (χ0v) is 17.3. The summed E-state index contributed by atoms with van der Waals surface area (Å²) in [7, 11) is 1.82. The molecule has 0 aliphatic carbocycles. The molecule has 29 heavy (non-hydrogen) atoms. The van der Waals surface area contributed by atoms with E-state index in [1.54, 1.807) is 11.1 Å². The van der Waals surface area contributed by atoms with Gasteiger partial charge in [-0.1, -0.05) is 13.8 Å². The summed E-state index contributed by atoms with van der Waals surface area (Å²) in [6.07, 6.45) is 6.13. The monoisotopic (exact) mass is 392 g/mol. The maximum absolute atomic E-state index is 12.3. The van der Waals surface area contributed by atoms with Crippen LogP contribution in [0.15, 0.2) is 48.8 Å². The Balaban J connectivity index is 1.54. The Morgan fingerprint density at radius 2 is 2.00 bits per heavy atom. The molecule has 0 atom stereocenters. The number of nitrogens with zero attached hydrogens (tertiary/aromatic N) is 3. The van der Waals surface area contributed by atoms with Gasteiger partial charge in [0.25, 0.3) is 0 Å². The van der Waals surface area contributed by atoms with Crippen molar-refractivity contribution >= 4 is 22.5 Å². The molecule has 1 N–H and O–H groups in total. The molecule has 4 rings (SSSR count). The largest absolute Gasteiger partial charge is 0.489 e. The smallest absolute Gasteiger partial charge is 0.229 e. The van der Waals surface area contributed by atoms with Gasteiger partial charge in [-0.2, -0.15) is 0 Å². The molecular weight excluding hydrogens is 364 g/mol. The van der Waals surface area contributed by atoms with Crippen LogP contribution in [0.1, 0.15) is 26.7 Å². The molecule has 3 aromatic rings. The van der Waals surface area contributed by atoms with E-state index >= 15 is 0 Å². The van der Waals surface area contributed by atoms with Crippen LogP contribution in [0, 0.1) is 5.92 Å². The van der Waals surface area contributed by atoms with Crippen molar-refractivity contribution in [2.45, 2.75) is 32.8 Å². The van der Waals surface area contributed by atoms with Crippen LogP contribution in [0.25, 0.3) is 16.7 Å². The molecule has 3 heterocycles. The minimum atomic E-state index is -0.0323. The Morgan fingerprint density at radius 3 is 2.69 bits per heavy atom. The Labute approximate surface area is 171 Å². The summed E-state index contributed by atoms with van der Waals surface area (Å²) in [5, 5.41) is 4.42. The number of piperidine rings is 1. The van der Waals surface area contributed by atoms with Gasteiger partial charge in [0.2, 0.25) is 5.91 Å². The number of aromatic nitrogens is 2. The molecule has 0 unspecified atom stereocenters. The second-order valence-corrected chi connectivity index (χ2v) is 7.90. The molecular formula is C23H28N4O2. The van der Waals surface area contributed by atoms with Gasteiger partial charge in [-0.25, -0.2) is 4.98 Å². The molecule has 1 amide bonds. The van der Waals surface area contributed by atoms with Crippen LogP contribution in [-0.4, -0.2) is 41.7 Å². The average molecular weight is 393 g/mol. The maximum Gasteiger partial charge on any atom is 0.229 e. The molecule has 0 bridgehead atoms. The highest BCUT2D eigenvalue weighted by Gasteiger charge is 2.16. The van der Waals surface area contributed by atoms with Gasteiger partial charge in [-0.05, 0) is 62.3 Å². The number of hydrogen-bond donors (Lipinski definition) is 1. The van der Waals surface area contributed by atoms with Gasteiger partial charge >= 0.3 is 0 Å². The van der Waals surface area contributed by atoms with Crippen molar-refractivity contribution in [2.24, 2.45) is 5.92 Å². The van der Waals surface area contributed by atoms with E-state index < -0.39 is 0 Å². The van der Waals surface area contributed by atoms with E-state index in [0.29, 0.717) is 0 Å². The first kappa shape index (κ1) is 19.5. The van der Waals surface area contributed by atoms with Gasteiger partial charge in [0, 0.05) is 30.2 Å². The van der Waals surface area contributed by atoms with Gasteiger partial charge < -0.3 is 19.5 Å². The number of hydrogen-bond acceptors (Lipinski definition) is 4. The van der Waals surface area contributed by atoms with Gasteiger partial charge in [0.15, 0.2) is 0 Å². The van der Waals surface area contributed by atoms with Crippen LogP contribution in [0.4, 0.5) is 5.69 Å². The number of pyridine rings is 1. The Hall–Kier alpha value is -2.86. The lowest BCUT2D eigenvalue weighted by atomic mass is 10.1. The molecule has 6 nitrogen and oxygen atoms in total. The van der Waals surface area contributed by atoms with Crippen LogP contribution in [0.3, 0.4) is 0 Å². The second-order valence-electron chi connectivity index (χ2n) is 7.90. The highest BCUT2D eigenvalue weighted by molar-refractivity contribution is 5.96. The predicted octanol–water partition coefficient (Wildman–Crippen LogP) is 3.78. The highest BCUT2D eigenvalue weighted by atomic mass is 16.5. The minimum absolute atomic E-state index is 0.0323. The zero-order valence-electron chi connectivity index (χ0n) is 17.3. The van der Waals surface area contributed by atoms with E-state index in [1.807, 2.05) is 63.5 Å². The Morgan fingerprint density at radius 1 is 1.21 bits per heavy atom. The number of rotatable bonds is 5. The molecule has 0 spiro atoms. The number of ether oxygens (including phenoxy) is 1. The fourth-order valence-electron chi connectivity index (χ4n) is 3.74. The normalized spacial score (nSPS) is 15.0. The predicted molar refractivity (Wildman–Crippen MR) is 116 cm³/mol. The summed E-state index contributed by atoms with van der Waals surface area (Å²) in [5.41, 5.74) is 1.95. The summed E-state index contributed by atoms with van der Waals surface area (Å²) in [6, 6.07) is 12.1. The van der Waals surface area contributed by atoms with Gasteiger partial charge in [0.05, 0.1) is 11.7 Å². The second kappa shape index (κ2) is 8.25. The van der Waals surface area contributed by atoms with E-state index in [4.69, 9.17) is 4.74 Å². The number of anilines is 1. The first-order valence-electron chi connectivity index (χ1n) is 10.3. The third-order valence-corrected chi connectivity index (χ3v) is 5.44. The van der Waals surface area contributed by atoms with E-state index in [2.05, 4.69) is 14.9 Å². The third kappa shape index (κ3) is 4.12. The van der Waals surface area contributed by atoms with E-state index in [1.165, 1.54) is 0 Å². The van der Waals surface area contributed by atoms with Gasteiger partial charge in [-0.15, -0.1) is 0 Å². The van der Waals surface area contributed by atoms with Gasteiger partial charge in [0.1, 0.15) is 17.7 Å². The number of carbonyl (C=O) groups excluding carboxylic acids is 1. The van der Waals surface area contributed by atoms with E-state index in [9.17, 15) is 4.79 Å². The van der Waals surface area contributed by atoms with Crippen LogP contribution in [0.2, 0.25) is 0 Å². The molecule has 6 heteroatoms. The lowest BCUT2D eigenvalue weighted by molar-refractivity contribution is -0.121.